The van der Waals surface area contributed by atoms with E-state index in [9.17, 15) is 14.4 Å². The molecule has 2 rings (SSSR count). The van der Waals surface area contributed by atoms with Gasteiger partial charge < -0.3 is 24.8 Å². The molecule has 1 heterocycles. The highest BCUT2D eigenvalue weighted by atomic mass is 16.5. The quantitative estimate of drug-likeness (QED) is 0.733. The zero-order chi connectivity index (χ0) is 20.8. The summed E-state index contributed by atoms with van der Waals surface area (Å²) >= 11 is 0. The molecule has 0 saturated carbocycles. The van der Waals surface area contributed by atoms with Crippen molar-refractivity contribution in [3.8, 4) is 11.5 Å². The summed E-state index contributed by atoms with van der Waals surface area (Å²) < 4.78 is 10.4. The van der Waals surface area contributed by atoms with Crippen LogP contribution < -0.4 is 14.8 Å². The molecule has 8 nitrogen and oxygen atoms in total. The number of benzene rings is 1. The predicted octanol–water partition coefficient (Wildman–Crippen LogP) is 1.78. The van der Waals surface area contributed by atoms with Gasteiger partial charge in [-0.15, -0.1) is 0 Å². The highest BCUT2D eigenvalue weighted by molar-refractivity contribution is 5.98. The minimum Gasteiger partial charge on any atom is -0.497 e. The first kappa shape index (κ1) is 21.5. The Bertz CT molecular complexity index is 703. The van der Waals surface area contributed by atoms with Crippen molar-refractivity contribution >= 4 is 17.8 Å². The van der Waals surface area contributed by atoms with E-state index in [0.717, 1.165) is 0 Å². The average Bonchev–Trinajstić information content (AvgIpc) is 2.70. The van der Waals surface area contributed by atoms with Crippen LogP contribution in [0.15, 0.2) is 18.2 Å². The minimum atomic E-state index is -0.826. The Hall–Kier alpha value is -2.77. The first-order chi connectivity index (χ1) is 13.3. The summed E-state index contributed by atoms with van der Waals surface area (Å²) in [6, 6.07) is 4.12. The Labute approximate surface area is 164 Å². The van der Waals surface area contributed by atoms with E-state index in [1.54, 1.807) is 23.1 Å². The number of nitrogens with one attached hydrogen (secondary N) is 1. The van der Waals surface area contributed by atoms with Gasteiger partial charge in [-0.05, 0) is 30.9 Å². The van der Waals surface area contributed by atoms with Crippen molar-refractivity contribution in [2.24, 2.45) is 11.8 Å². The summed E-state index contributed by atoms with van der Waals surface area (Å²) in [5.41, 5.74) is 0.333. The largest absolute Gasteiger partial charge is 0.497 e. The van der Waals surface area contributed by atoms with E-state index in [0.29, 0.717) is 43.0 Å². The number of carbonyl (C=O) groups is 3. The lowest BCUT2D eigenvalue weighted by Gasteiger charge is -2.34. The second-order valence-electron chi connectivity index (χ2n) is 7.23. The number of nitrogens with zero attached hydrogens (tertiary/aromatic N) is 1. The van der Waals surface area contributed by atoms with Crippen LogP contribution >= 0.6 is 0 Å². The number of carboxylic acid groups (broad SMARTS) is 1. The van der Waals surface area contributed by atoms with Crippen molar-refractivity contribution in [2.75, 3.05) is 27.3 Å². The minimum absolute atomic E-state index is 0.124. The first-order valence-electron chi connectivity index (χ1n) is 9.32. The molecule has 2 amide bonds. The van der Waals surface area contributed by atoms with Gasteiger partial charge in [-0.25, -0.2) is 0 Å². The summed E-state index contributed by atoms with van der Waals surface area (Å²) in [6.07, 6.45) is 0.847. The van der Waals surface area contributed by atoms with Gasteiger partial charge in [0, 0.05) is 24.7 Å². The van der Waals surface area contributed by atoms with Crippen LogP contribution in [0, 0.1) is 11.8 Å². The third-order valence-electron chi connectivity index (χ3n) is 4.99. The Morgan fingerprint density at radius 2 is 1.61 bits per heavy atom. The second-order valence-corrected chi connectivity index (χ2v) is 7.23. The van der Waals surface area contributed by atoms with E-state index in [2.05, 4.69) is 5.32 Å². The van der Waals surface area contributed by atoms with Gasteiger partial charge in [-0.2, -0.15) is 0 Å². The summed E-state index contributed by atoms with van der Waals surface area (Å²) in [6.45, 7) is 4.47. The molecule has 0 spiro atoms. The van der Waals surface area contributed by atoms with Crippen LogP contribution in [0.25, 0.3) is 0 Å². The summed E-state index contributed by atoms with van der Waals surface area (Å²) in [7, 11) is 3.00. The lowest BCUT2D eigenvalue weighted by Crippen LogP contribution is -2.53. The maximum absolute atomic E-state index is 12.9. The van der Waals surface area contributed by atoms with Gasteiger partial charge in [0.05, 0.1) is 20.1 Å². The van der Waals surface area contributed by atoms with E-state index < -0.39 is 23.8 Å². The number of ether oxygens (including phenoxy) is 2. The van der Waals surface area contributed by atoms with Crippen LogP contribution in [0.5, 0.6) is 11.5 Å². The first-order valence-corrected chi connectivity index (χ1v) is 9.32. The van der Waals surface area contributed by atoms with Crippen LogP contribution in [-0.2, 0) is 9.59 Å². The van der Waals surface area contributed by atoms with E-state index >= 15 is 0 Å². The highest BCUT2D eigenvalue weighted by Gasteiger charge is 2.33. The van der Waals surface area contributed by atoms with Crippen molar-refractivity contribution < 1.29 is 29.0 Å². The molecular weight excluding hydrogens is 364 g/mol. The van der Waals surface area contributed by atoms with Crippen LogP contribution in [-0.4, -0.2) is 61.1 Å². The fraction of sp³-hybridized carbons (Fsp3) is 0.550. The SMILES string of the molecule is COc1cc(OC)cc(C(=O)NC(C(=O)N2CCC(C(=O)O)CC2)C(C)C)c1. The maximum atomic E-state index is 12.9. The Kier molecular flexibility index (Phi) is 7.25. The van der Waals surface area contributed by atoms with Gasteiger partial charge in [0.2, 0.25) is 5.91 Å². The van der Waals surface area contributed by atoms with Crippen LogP contribution in [0.1, 0.15) is 37.0 Å². The number of rotatable bonds is 7. The molecule has 1 aliphatic heterocycles. The Balaban J connectivity index is 2.11. The second kappa shape index (κ2) is 9.43. The average molecular weight is 392 g/mol. The smallest absolute Gasteiger partial charge is 0.306 e. The summed E-state index contributed by atoms with van der Waals surface area (Å²) in [5, 5.41) is 11.9. The number of aliphatic carboxylic acids is 1. The number of piperidine rings is 1. The molecule has 1 fully saturated rings. The number of likely N-dealkylation sites (tertiary alicyclic amines) is 1. The predicted molar refractivity (Wildman–Crippen MR) is 103 cm³/mol. The molecule has 1 unspecified atom stereocenters. The third kappa shape index (κ3) is 5.15. The number of methoxy groups -OCH3 is 2. The maximum Gasteiger partial charge on any atom is 0.306 e. The molecule has 1 aromatic carbocycles. The van der Waals surface area contributed by atoms with Crippen molar-refractivity contribution in [3.63, 3.8) is 0 Å². The number of carbonyl (C=O) groups excluding carboxylic acids is 2. The highest BCUT2D eigenvalue weighted by Crippen LogP contribution is 2.23. The monoisotopic (exact) mass is 392 g/mol. The summed E-state index contributed by atoms with van der Waals surface area (Å²) in [5.74, 6) is -0.999. The van der Waals surface area contributed by atoms with E-state index in [1.165, 1.54) is 14.2 Å². The van der Waals surface area contributed by atoms with E-state index in [1.807, 2.05) is 13.8 Å². The molecule has 0 bridgehead atoms. The Morgan fingerprint density at radius 3 is 2.04 bits per heavy atom. The molecule has 0 radical (unpaired) electrons. The lowest BCUT2D eigenvalue weighted by atomic mass is 9.95. The molecule has 154 valence electrons. The molecule has 1 saturated heterocycles. The molecule has 1 atom stereocenters. The topological polar surface area (TPSA) is 105 Å². The number of hydrogen-bond acceptors (Lipinski definition) is 5. The molecule has 1 aliphatic rings. The molecule has 28 heavy (non-hydrogen) atoms. The standard InChI is InChI=1S/C20H28N2O6/c1-12(2)17(19(24)22-7-5-13(6-8-22)20(25)26)21-18(23)14-9-15(27-3)11-16(10-14)28-4/h9-13,17H,5-8H2,1-4H3,(H,21,23)(H,25,26). The van der Waals surface area contributed by atoms with Crippen molar-refractivity contribution in [3.05, 3.63) is 23.8 Å². The number of carboxylic acids is 1. The lowest BCUT2D eigenvalue weighted by molar-refractivity contribution is -0.146. The molecule has 8 heteroatoms. The third-order valence-corrected chi connectivity index (χ3v) is 4.99. The molecule has 1 aromatic rings. The summed E-state index contributed by atoms with van der Waals surface area (Å²) in [4.78, 5) is 38.4. The van der Waals surface area contributed by atoms with Gasteiger partial charge in [0.25, 0.3) is 5.91 Å². The van der Waals surface area contributed by atoms with Crippen LogP contribution in [0.2, 0.25) is 0 Å². The van der Waals surface area contributed by atoms with Gasteiger partial charge in [-0.1, -0.05) is 13.8 Å². The van der Waals surface area contributed by atoms with Gasteiger partial charge in [0.1, 0.15) is 17.5 Å². The van der Waals surface area contributed by atoms with Gasteiger partial charge in [0.15, 0.2) is 0 Å². The van der Waals surface area contributed by atoms with Crippen molar-refractivity contribution in [1.82, 2.24) is 10.2 Å². The normalized spacial score (nSPS) is 15.8. The molecule has 0 aromatic heterocycles. The van der Waals surface area contributed by atoms with E-state index in [4.69, 9.17) is 14.6 Å². The molecule has 0 aliphatic carbocycles. The van der Waals surface area contributed by atoms with E-state index in [-0.39, 0.29) is 11.8 Å². The zero-order valence-electron chi connectivity index (χ0n) is 16.7. The zero-order valence-corrected chi connectivity index (χ0v) is 16.7. The van der Waals surface area contributed by atoms with Gasteiger partial charge >= 0.3 is 5.97 Å². The van der Waals surface area contributed by atoms with Crippen LogP contribution in [0.3, 0.4) is 0 Å². The number of hydrogen-bond donors (Lipinski definition) is 2. The Morgan fingerprint density at radius 1 is 1.07 bits per heavy atom. The van der Waals surface area contributed by atoms with Crippen LogP contribution in [0.4, 0.5) is 0 Å². The fourth-order valence-corrected chi connectivity index (χ4v) is 3.22. The molecular formula is C20H28N2O6. The fourth-order valence-electron chi connectivity index (χ4n) is 3.22. The van der Waals surface area contributed by atoms with Gasteiger partial charge in [-0.3, -0.25) is 14.4 Å². The molecule has 2 N–H and O–H groups in total. The number of amides is 2. The van der Waals surface area contributed by atoms with Crippen molar-refractivity contribution in [1.29, 1.82) is 0 Å². The van der Waals surface area contributed by atoms with Crippen molar-refractivity contribution in [2.45, 2.75) is 32.7 Å².